The standard InChI is InChI=1S/C16H16N4O4S/c1-16-7-6-13(21)20(16)12(8-25-16)15(23)24-9-19-14(22)10-4-2-3-5-11(10)17-18-19/h2-5,12H,6-9H2,1H3/t12-,16+/m1/s1. The maximum atomic E-state index is 12.4. The Kier molecular flexibility index (Phi) is 3.75. The van der Waals surface area contributed by atoms with Crippen LogP contribution in [0.1, 0.15) is 19.8 Å². The summed E-state index contributed by atoms with van der Waals surface area (Å²) in [6.45, 7) is 1.64. The number of fused-ring (bicyclic) bond motifs is 2. The number of hydrogen-bond donors (Lipinski definition) is 0. The molecule has 1 aromatic heterocycles. The van der Waals surface area contributed by atoms with Crippen molar-refractivity contribution in [3.8, 4) is 0 Å². The van der Waals surface area contributed by atoms with Crippen LogP contribution in [0.5, 0.6) is 0 Å². The van der Waals surface area contributed by atoms with Crippen molar-refractivity contribution in [1.29, 1.82) is 0 Å². The minimum Gasteiger partial charge on any atom is -0.441 e. The van der Waals surface area contributed by atoms with E-state index in [0.717, 1.165) is 11.1 Å². The third kappa shape index (κ3) is 2.58. The second kappa shape index (κ2) is 5.83. The molecule has 1 aromatic carbocycles. The van der Waals surface area contributed by atoms with Crippen molar-refractivity contribution >= 4 is 34.5 Å². The average Bonchev–Trinajstić information content (AvgIpc) is 3.11. The molecule has 2 aromatic rings. The molecule has 9 heteroatoms. The number of rotatable bonds is 3. The van der Waals surface area contributed by atoms with Crippen LogP contribution in [-0.4, -0.2) is 48.4 Å². The Morgan fingerprint density at radius 3 is 3.04 bits per heavy atom. The van der Waals surface area contributed by atoms with Crippen LogP contribution in [-0.2, 0) is 21.1 Å². The lowest BCUT2D eigenvalue weighted by Gasteiger charge is -2.29. The molecule has 2 aliphatic rings. The molecule has 25 heavy (non-hydrogen) atoms. The van der Waals surface area contributed by atoms with Crippen molar-refractivity contribution in [2.75, 3.05) is 5.75 Å². The number of amides is 1. The summed E-state index contributed by atoms with van der Waals surface area (Å²) in [6, 6.07) is 6.22. The van der Waals surface area contributed by atoms with E-state index in [1.807, 2.05) is 6.92 Å². The molecule has 0 N–H and O–H groups in total. The van der Waals surface area contributed by atoms with Crippen molar-refractivity contribution in [2.45, 2.75) is 37.4 Å². The SMILES string of the molecule is C[C@]12CCC(=O)N1[C@@H](C(=O)OCn1nnc3ccccc3c1=O)CS2. The van der Waals surface area contributed by atoms with Gasteiger partial charge in [-0.25, -0.2) is 4.79 Å². The van der Waals surface area contributed by atoms with Gasteiger partial charge < -0.3 is 9.64 Å². The molecule has 8 nitrogen and oxygen atoms in total. The molecule has 0 unspecified atom stereocenters. The second-order valence-corrected chi connectivity index (χ2v) is 7.77. The number of hydrogen-bond acceptors (Lipinski definition) is 7. The van der Waals surface area contributed by atoms with Gasteiger partial charge in [0.1, 0.15) is 11.6 Å². The molecule has 2 atom stereocenters. The molecule has 0 spiro atoms. The summed E-state index contributed by atoms with van der Waals surface area (Å²) in [4.78, 5) is 38.1. The summed E-state index contributed by atoms with van der Waals surface area (Å²) >= 11 is 1.59. The average molecular weight is 360 g/mol. The van der Waals surface area contributed by atoms with E-state index in [1.54, 1.807) is 40.9 Å². The Hall–Kier alpha value is -2.42. The number of nitrogens with zero attached hydrogens (tertiary/aromatic N) is 4. The first-order valence-electron chi connectivity index (χ1n) is 7.95. The third-order valence-corrected chi connectivity index (χ3v) is 6.18. The molecular weight excluding hydrogens is 344 g/mol. The highest BCUT2D eigenvalue weighted by Crippen LogP contribution is 2.47. The van der Waals surface area contributed by atoms with Crippen molar-refractivity contribution in [3.05, 3.63) is 34.6 Å². The van der Waals surface area contributed by atoms with Gasteiger partial charge in [-0.05, 0) is 25.5 Å². The van der Waals surface area contributed by atoms with E-state index in [1.165, 1.54) is 0 Å². The van der Waals surface area contributed by atoms with Crippen molar-refractivity contribution < 1.29 is 14.3 Å². The first kappa shape index (κ1) is 16.1. The van der Waals surface area contributed by atoms with Crippen molar-refractivity contribution in [2.24, 2.45) is 0 Å². The number of carbonyl (C=O) groups is 2. The van der Waals surface area contributed by atoms with E-state index >= 15 is 0 Å². The summed E-state index contributed by atoms with van der Waals surface area (Å²) in [5.74, 6) is -0.0511. The molecule has 3 heterocycles. The summed E-state index contributed by atoms with van der Waals surface area (Å²) in [5, 5.41) is 8.15. The normalized spacial score (nSPS) is 25.4. The van der Waals surface area contributed by atoms with E-state index in [0.29, 0.717) is 23.1 Å². The maximum Gasteiger partial charge on any atom is 0.331 e. The first-order chi connectivity index (χ1) is 12.0. The predicted octanol–water partition coefficient (Wildman–Crippen LogP) is 0.746. The van der Waals surface area contributed by atoms with Gasteiger partial charge in [-0.15, -0.1) is 16.9 Å². The lowest BCUT2D eigenvalue weighted by Crippen LogP contribution is -2.47. The predicted molar refractivity (Wildman–Crippen MR) is 90.6 cm³/mol. The monoisotopic (exact) mass is 360 g/mol. The van der Waals surface area contributed by atoms with Crippen LogP contribution < -0.4 is 5.56 Å². The summed E-state index contributed by atoms with van der Waals surface area (Å²) in [7, 11) is 0. The van der Waals surface area contributed by atoms with Gasteiger partial charge in [0, 0.05) is 12.2 Å². The van der Waals surface area contributed by atoms with E-state index in [9.17, 15) is 14.4 Å². The molecule has 0 aliphatic carbocycles. The van der Waals surface area contributed by atoms with Crippen LogP contribution in [0.4, 0.5) is 0 Å². The minimum absolute atomic E-state index is 0.0305. The molecule has 4 rings (SSSR count). The smallest absolute Gasteiger partial charge is 0.331 e. The summed E-state index contributed by atoms with van der Waals surface area (Å²) in [5.41, 5.74) is 0.113. The lowest BCUT2D eigenvalue weighted by atomic mass is 10.2. The fraction of sp³-hybridized carbons (Fsp3) is 0.438. The Bertz CT molecular complexity index is 930. The van der Waals surface area contributed by atoms with E-state index < -0.39 is 12.0 Å². The zero-order valence-corrected chi connectivity index (χ0v) is 14.4. The van der Waals surface area contributed by atoms with Crippen LogP contribution in [0, 0.1) is 0 Å². The van der Waals surface area contributed by atoms with Gasteiger partial charge in [0.2, 0.25) is 5.91 Å². The molecule has 130 valence electrons. The van der Waals surface area contributed by atoms with Crippen LogP contribution in [0.15, 0.2) is 29.1 Å². The van der Waals surface area contributed by atoms with E-state index in [2.05, 4.69) is 10.3 Å². The quantitative estimate of drug-likeness (QED) is 0.745. The molecular formula is C16H16N4O4S. The van der Waals surface area contributed by atoms with Crippen LogP contribution >= 0.6 is 11.8 Å². The highest BCUT2D eigenvalue weighted by atomic mass is 32.2. The van der Waals surface area contributed by atoms with Crippen molar-refractivity contribution in [3.63, 3.8) is 0 Å². The number of aromatic nitrogens is 3. The van der Waals surface area contributed by atoms with E-state index in [-0.39, 0.29) is 23.1 Å². The van der Waals surface area contributed by atoms with Gasteiger partial charge in [0.25, 0.3) is 5.56 Å². The van der Waals surface area contributed by atoms with Gasteiger partial charge in [-0.3, -0.25) is 9.59 Å². The second-order valence-electron chi connectivity index (χ2n) is 6.27. The highest BCUT2D eigenvalue weighted by molar-refractivity contribution is 8.01. The minimum atomic E-state index is -0.617. The van der Waals surface area contributed by atoms with Gasteiger partial charge in [0.15, 0.2) is 6.73 Å². The molecule has 0 radical (unpaired) electrons. The number of carbonyl (C=O) groups excluding carboxylic acids is 2. The summed E-state index contributed by atoms with van der Waals surface area (Å²) in [6.07, 6.45) is 1.18. The molecule has 2 aliphatic heterocycles. The molecule has 1 amide bonds. The first-order valence-corrected chi connectivity index (χ1v) is 8.93. The third-order valence-electron chi connectivity index (χ3n) is 4.68. The zero-order chi connectivity index (χ0) is 17.6. The topological polar surface area (TPSA) is 94.4 Å². The maximum absolute atomic E-state index is 12.4. The number of thioether (sulfide) groups is 1. The number of esters is 1. The lowest BCUT2D eigenvalue weighted by molar-refractivity contribution is -0.157. The summed E-state index contributed by atoms with van der Waals surface area (Å²) < 4.78 is 6.26. The number of ether oxygens (including phenoxy) is 1. The molecule has 2 fully saturated rings. The Morgan fingerprint density at radius 1 is 1.40 bits per heavy atom. The fourth-order valence-corrected chi connectivity index (χ4v) is 4.74. The Balaban J connectivity index is 1.50. The highest BCUT2D eigenvalue weighted by Gasteiger charge is 2.53. The fourth-order valence-electron chi connectivity index (χ4n) is 3.32. The molecule has 0 bridgehead atoms. The van der Waals surface area contributed by atoms with Gasteiger partial charge in [0.05, 0.1) is 10.3 Å². The largest absolute Gasteiger partial charge is 0.441 e. The van der Waals surface area contributed by atoms with Crippen LogP contribution in [0.25, 0.3) is 10.9 Å². The molecule has 2 saturated heterocycles. The van der Waals surface area contributed by atoms with Crippen molar-refractivity contribution in [1.82, 2.24) is 19.9 Å². The Morgan fingerprint density at radius 2 is 2.20 bits per heavy atom. The van der Waals surface area contributed by atoms with Gasteiger partial charge in [-0.2, -0.15) is 4.68 Å². The van der Waals surface area contributed by atoms with E-state index in [4.69, 9.17) is 4.74 Å². The van der Waals surface area contributed by atoms with Gasteiger partial charge >= 0.3 is 5.97 Å². The Labute approximate surface area is 147 Å². The molecule has 0 saturated carbocycles. The van der Waals surface area contributed by atoms with Crippen LogP contribution in [0.2, 0.25) is 0 Å². The zero-order valence-electron chi connectivity index (χ0n) is 13.5. The van der Waals surface area contributed by atoms with Crippen LogP contribution in [0.3, 0.4) is 0 Å². The number of benzene rings is 1. The van der Waals surface area contributed by atoms with Gasteiger partial charge in [-0.1, -0.05) is 17.3 Å².